The van der Waals surface area contributed by atoms with E-state index in [1.807, 2.05) is 31.5 Å². The molecule has 6 heteroatoms. The molecule has 1 aromatic heterocycles. The third kappa shape index (κ3) is 3.46. The highest BCUT2D eigenvalue weighted by atomic mass is 35.5. The second-order valence-electron chi connectivity index (χ2n) is 4.31. The number of nitrogens with one attached hydrogen (secondary N) is 1. The number of hydrogen-bond acceptors (Lipinski definition) is 4. The van der Waals surface area contributed by atoms with Gasteiger partial charge in [0, 0.05) is 11.1 Å². The molecular formula is C15H17Cl2NO2S. The summed E-state index contributed by atoms with van der Waals surface area (Å²) in [6.45, 7) is 2.45. The van der Waals surface area contributed by atoms with E-state index >= 15 is 0 Å². The molecule has 1 aromatic carbocycles. The monoisotopic (exact) mass is 345 g/mol. The Morgan fingerprint density at radius 2 is 2.00 bits per heavy atom. The molecule has 2 aromatic rings. The highest BCUT2D eigenvalue weighted by Crippen LogP contribution is 2.40. The molecule has 1 N–H and O–H groups in total. The Morgan fingerprint density at radius 3 is 2.62 bits per heavy atom. The van der Waals surface area contributed by atoms with Crippen molar-refractivity contribution in [2.24, 2.45) is 0 Å². The molecule has 3 nitrogen and oxygen atoms in total. The van der Waals surface area contributed by atoms with E-state index in [4.69, 9.17) is 32.7 Å². The fourth-order valence-corrected chi connectivity index (χ4v) is 3.62. The van der Waals surface area contributed by atoms with Gasteiger partial charge in [0.05, 0.1) is 29.7 Å². The molecule has 0 aliphatic heterocycles. The number of benzene rings is 1. The van der Waals surface area contributed by atoms with Crippen LogP contribution in [0, 0.1) is 0 Å². The van der Waals surface area contributed by atoms with Gasteiger partial charge in [-0.1, -0.05) is 23.2 Å². The summed E-state index contributed by atoms with van der Waals surface area (Å²) in [7, 11) is 3.54. The SMILES string of the molecule is CCOc1cc(Cl)c(C(NC)c2sccc2OC)cc1Cl. The third-order valence-corrected chi connectivity index (χ3v) is 4.68. The number of thiophene rings is 1. The molecule has 0 amide bonds. The van der Waals surface area contributed by atoms with E-state index in [0.29, 0.717) is 22.4 Å². The maximum Gasteiger partial charge on any atom is 0.139 e. The van der Waals surface area contributed by atoms with Gasteiger partial charge in [0.2, 0.25) is 0 Å². The first-order chi connectivity index (χ1) is 10.1. The fraction of sp³-hybridized carbons (Fsp3) is 0.333. The van der Waals surface area contributed by atoms with Crippen LogP contribution in [0.15, 0.2) is 23.6 Å². The van der Waals surface area contributed by atoms with E-state index in [9.17, 15) is 0 Å². The average Bonchev–Trinajstić information content (AvgIpc) is 2.93. The first-order valence-corrected chi connectivity index (χ1v) is 8.16. The molecule has 1 unspecified atom stereocenters. The summed E-state index contributed by atoms with van der Waals surface area (Å²) in [6.07, 6.45) is 0. The maximum atomic E-state index is 6.41. The zero-order chi connectivity index (χ0) is 15.4. The van der Waals surface area contributed by atoms with Crippen molar-refractivity contribution in [1.29, 1.82) is 0 Å². The molecule has 0 saturated carbocycles. The van der Waals surface area contributed by atoms with Crippen molar-refractivity contribution in [3.63, 3.8) is 0 Å². The molecule has 0 spiro atoms. The van der Waals surface area contributed by atoms with Crippen molar-refractivity contribution in [1.82, 2.24) is 5.32 Å². The summed E-state index contributed by atoms with van der Waals surface area (Å²) in [6, 6.07) is 5.46. The Labute approximate surface area is 138 Å². The van der Waals surface area contributed by atoms with Gasteiger partial charge in [-0.15, -0.1) is 11.3 Å². The van der Waals surface area contributed by atoms with Crippen molar-refractivity contribution in [2.45, 2.75) is 13.0 Å². The van der Waals surface area contributed by atoms with Gasteiger partial charge < -0.3 is 14.8 Å². The van der Waals surface area contributed by atoms with Gasteiger partial charge >= 0.3 is 0 Å². The van der Waals surface area contributed by atoms with E-state index in [-0.39, 0.29) is 6.04 Å². The average molecular weight is 346 g/mol. The normalized spacial score (nSPS) is 12.2. The topological polar surface area (TPSA) is 30.5 Å². The molecule has 0 fully saturated rings. The van der Waals surface area contributed by atoms with Crippen LogP contribution in [0.25, 0.3) is 0 Å². The summed E-state index contributed by atoms with van der Waals surface area (Å²) in [5.41, 5.74) is 0.897. The zero-order valence-corrected chi connectivity index (χ0v) is 14.4. The molecule has 114 valence electrons. The lowest BCUT2D eigenvalue weighted by Gasteiger charge is -2.19. The summed E-state index contributed by atoms with van der Waals surface area (Å²) in [5.74, 6) is 1.43. The largest absolute Gasteiger partial charge is 0.496 e. The fourth-order valence-electron chi connectivity index (χ4n) is 2.15. The summed E-state index contributed by atoms with van der Waals surface area (Å²) >= 11 is 14.3. The minimum absolute atomic E-state index is 0.0828. The summed E-state index contributed by atoms with van der Waals surface area (Å²) < 4.78 is 10.9. The number of methoxy groups -OCH3 is 1. The maximum absolute atomic E-state index is 6.41. The first kappa shape index (κ1) is 16.4. The zero-order valence-electron chi connectivity index (χ0n) is 12.1. The molecule has 0 aliphatic carbocycles. The van der Waals surface area contributed by atoms with Crippen LogP contribution < -0.4 is 14.8 Å². The van der Waals surface area contributed by atoms with Crippen LogP contribution in [-0.2, 0) is 0 Å². The molecule has 2 rings (SSSR count). The smallest absolute Gasteiger partial charge is 0.139 e. The third-order valence-electron chi connectivity index (χ3n) is 3.09. The van der Waals surface area contributed by atoms with Crippen LogP contribution >= 0.6 is 34.5 Å². The van der Waals surface area contributed by atoms with Crippen molar-refractivity contribution in [2.75, 3.05) is 20.8 Å². The lowest BCUT2D eigenvalue weighted by atomic mass is 10.0. The van der Waals surface area contributed by atoms with Gasteiger partial charge in [0.15, 0.2) is 0 Å². The molecule has 1 heterocycles. The van der Waals surface area contributed by atoms with Gasteiger partial charge in [-0.25, -0.2) is 0 Å². The Morgan fingerprint density at radius 1 is 1.24 bits per heavy atom. The van der Waals surface area contributed by atoms with Crippen LogP contribution in [-0.4, -0.2) is 20.8 Å². The lowest BCUT2D eigenvalue weighted by molar-refractivity contribution is 0.340. The highest BCUT2D eigenvalue weighted by molar-refractivity contribution is 7.10. The van der Waals surface area contributed by atoms with E-state index in [2.05, 4.69) is 5.32 Å². The molecule has 0 radical (unpaired) electrons. The molecule has 0 saturated heterocycles. The van der Waals surface area contributed by atoms with Crippen LogP contribution in [0.2, 0.25) is 10.0 Å². The molecule has 0 aliphatic rings. The van der Waals surface area contributed by atoms with Crippen LogP contribution in [0.1, 0.15) is 23.4 Å². The van der Waals surface area contributed by atoms with Crippen molar-refractivity contribution < 1.29 is 9.47 Å². The molecule has 1 atom stereocenters. The van der Waals surface area contributed by atoms with Gasteiger partial charge in [-0.05, 0) is 37.0 Å². The number of rotatable bonds is 6. The minimum Gasteiger partial charge on any atom is -0.496 e. The number of halogens is 2. The molecular weight excluding hydrogens is 329 g/mol. The second kappa shape index (κ2) is 7.36. The quantitative estimate of drug-likeness (QED) is 0.817. The Balaban J connectivity index is 2.45. The van der Waals surface area contributed by atoms with Crippen molar-refractivity contribution in [3.05, 3.63) is 44.1 Å². The predicted octanol–water partition coefficient (Wildman–Crippen LogP) is 4.77. The van der Waals surface area contributed by atoms with Crippen molar-refractivity contribution in [3.8, 4) is 11.5 Å². The van der Waals surface area contributed by atoms with Crippen LogP contribution in [0.4, 0.5) is 0 Å². The molecule has 21 heavy (non-hydrogen) atoms. The summed E-state index contributed by atoms with van der Waals surface area (Å²) in [4.78, 5) is 1.06. The Bertz CT molecular complexity index is 616. The van der Waals surface area contributed by atoms with E-state index in [1.165, 1.54) is 0 Å². The van der Waals surface area contributed by atoms with Gasteiger partial charge in [0.25, 0.3) is 0 Å². The van der Waals surface area contributed by atoms with Crippen LogP contribution in [0.5, 0.6) is 11.5 Å². The Hall–Kier alpha value is -0.940. The predicted molar refractivity (Wildman–Crippen MR) is 89.4 cm³/mol. The molecule has 0 bridgehead atoms. The minimum atomic E-state index is -0.0828. The lowest BCUT2D eigenvalue weighted by Crippen LogP contribution is -2.17. The van der Waals surface area contributed by atoms with E-state index in [1.54, 1.807) is 24.5 Å². The number of ether oxygens (including phenoxy) is 2. The first-order valence-electron chi connectivity index (χ1n) is 6.52. The summed E-state index contributed by atoms with van der Waals surface area (Å²) in [5, 5.41) is 6.41. The van der Waals surface area contributed by atoms with Crippen LogP contribution in [0.3, 0.4) is 0 Å². The van der Waals surface area contributed by atoms with E-state index in [0.717, 1.165) is 16.2 Å². The standard InChI is InChI=1S/C15H17Cl2NO2S/c1-4-20-13-8-10(16)9(7-11(13)17)14(18-2)15-12(19-3)5-6-21-15/h5-8,14,18H,4H2,1-3H3. The van der Waals surface area contributed by atoms with Gasteiger partial charge in [0.1, 0.15) is 11.5 Å². The van der Waals surface area contributed by atoms with Crippen molar-refractivity contribution >= 4 is 34.5 Å². The Kier molecular flexibility index (Phi) is 5.76. The van der Waals surface area contributed by atoms with E-state index < -0.39 is 0 Å². The van der Waals surface area contributed by atoms with Gasteiger partial charge in [-0.3, -0.25) is 0 Å². The second-order valence-corrected chi connectivity index (χ2v) is 6.07. The highest BCUT2D eigenvalue weighted by Gasteiger charge is 2.22. The number of hydrogen-bond donors (Lipinski definition) is 1. The van der Waals surface area contributed by atoms with Gasteiger partial charge in [-0.2, -0.15) is 0 Å².